The van der Waals surface area contributed by atoms with Crippen LogP contribution >= 0.6 is 0 Å². The highest BCUT2D eigenvalue weighted by molar-refractivity contribution is 6.09. The predicted octanol–water partition coefficient (Wildman–Crippen LogP) is 2.78. The van der Waals surface area contributed by atoms with Crippen LogP contribution in [0, 0.1) is 33.5 Å². The van der Waals surface area contributed by atoms with E-state index in [1.165, 1.54) is 0 Å². The number of rotatable bonds is 2. The Labute approximate surface area is 152 Å². The van der Waals surface area contributed by atoms with Crippen molar-refractivity contribution >= 4 is 23.5 Å². The lowest BCUT2D eigenvalue weighted by molar-refractivity contribution is -0.276. The molecule has 4 atom stereocenters. The van der Waals surface area contributed by atoms with E-state index in [4.69, 9.17) is 9.78 Å². The number of carbonyl (C=O) groups excluding carboxylic acids is 4. The molecule has 4 rings (SSSR count). The monoisotopic (exact) mass is 362 g/mol. The first-order valence-corrected chi connectivity index (χ1v) is 9.52. The molecule has 6 nitrogen and oxygen atoms in total. The summed E-state index contributed by atoms with van der Waals surface area (Å²) in [5.41, 5.74) is -3.48. The molecule has 26 heavy (non-hydrogen) atoms. The number of hydrogen-bond acceptors (Lipinski definition) is 6. The van der Waals surface area contributed by atoms with Crippen molar-refractivity contribution in [2.75, 3.05) is 0 Å². The second-order valence-electron chi connectivity index (χ2n) is 9.72. The molecule has 4 bridgehead atoms. The maximum Gasteiger partial charge on any atom is 0.369 e. The van der Waals surface area contributed by atoms with Gasteiger partial charge in [-0.3, -0.25) is 9.59 Å². The van der Waals surface area contributed by atoms with Crippen LogP contribution in [-0.2, 0) is 29.0 Å². The van der Waals surface area contributed by atoms with E-state index >= 15 is 0 Å². The fourth-order valence-electron chi connectivity index (χ4n) is 6.53. The molecule has 4 aliphatic rings. The van der Waals surface area contributed by atoms with Gasteiger partial charge < -0.3 is 0 Å². The summed E-state index contributed by atoms with van der Waals surface area (Å²) < 4.78 is 0. The van der Waals surface area contributed by atoms with Crippen molar-refractivity contribution in [3.63, 3.8) is 0 Å². The first kappa shape index (κ1) is 17.7. The van der Waals surface area contributed by atoms with Crippen molar-refractivity contribution in [2.45, 2.75) is 66.2 Å². The number of ketones is 2. The van der Waals surface area contributed by atoms with E-state index in [0.29, 0.717) is 25.7 Å². The number of fused-ring (bicyclic) bond motifs is 4. The molecule has 4 unspecified atom stereocenters. The minimum atomic E-state index is -1.23. The zero-order chi connectivity index (χ0) is 19.1. The molecular weight excluding hydrogens is 336 g/mol. The molecule has 4 fully saturated rings. The molecule has 0 aromatic heterocycles. The Morgan fingerprint density at radius 3 is 1.35 bits per heavy atom. The molecule has 0 aliphatic heterocycles. The van der Waals surface area contributed by atoms with E-state index in [0.717, 1.165) is 12.8 Å². The number of hydrogen-bond donors (Lipinski definition) is 0. The van der Waals surface area contributed by atoms with E-state index < -0.39 is 33.6 Å². The molecular formula is C20H26O6. The average molecular weight is 362 g/mol. The lowest BCUT2D eigenvalue weighted by Crippen LogP contribution is -2.47. The van der Waals surface area contributed by atoms with Crippen LogP contribution in [0.5, 0.6) is 0 Å². The molecule has 0 aromatic carbocycles. The zero-order valence-corrected chi connectivity index (χ0v) is 15.8. The van der Waals surface area contributed by atoms with Crippen molar-refractivity contribution in [3.8, 4) is 0 Å². The SMILES string of the molecule is CC1(C)C2CCC1(C(=O)OOC(=O)C13CCC(CC1=O)C3(C)C)C(=O)C2. The quantitative estimate of drug-likeness (QED) is 0.426. The lowest BCUT2D eigenvalue weighted by Gasteiger charge is -2.35. The first-order valence-electron chi connectivity index (χ1n) is 9.52. The van der Waals surface area contributed by atoms with Crippen LogP contribution in [0.15, 0.2) is 0 Å². The van der Waals surface area contributed by atoms with Crippen LogP contribution in [0.3, 0.4) is 0 Å². The topological polar surface area (TPSA) is 86.7 Å². The lowest BCUT2D eigenvalue weighted by atomic mass is 9.69. The Kier molecular flexibility index (Phi) is 3.37. The number of carbonyl (C=O) groups is 4. The Bertz CT molecular complexity index is 673. The van der Waals surface area contributed by atoms with Crippen molar-refractivity contribution in [1.29, 1.82) is 0 Å². The minimum Gasteiger partial charge on any atom is -0.298 e. The second-order valence-corrected chi connectivity index (χ2v) is 9.72. The summed E-state index contributed by atoms with van der Waals surface area (Å²) in [5.74, 6) is -1.51. The molecule has 0 amide bonds. The molecule has 142 valence electrons. The van der Waals surface area contributed by atoms with Crippen LogP contribution in [-0.4, -0.2) is 23.5 Å². The van der Waals surface area contributed by atoms with Crippen LogP contribution in [0.2, 0.25) is 0 Å². The Hall–Kier alpha value is -1.72. The van der Waals surface area contributed by atoms with Gasteiger partial charge in [0.2, 0.25) is 0 Å². The third kappa shape index (κ3) is 1.69. The maximum atomic E-state index is 12.8. The van der Waals surface area contributed by atoms with Gasteiger partial charge in [-0.1, -0.05) is 27.7 Å². The van der Waals surface area contributed by atoms with Gasteiger partial charge in [-0.15, -0.1) is 0 Å². The predicted molar refractivity (Wildman–Crippen MR) is 89.3 cm³/mol. The third-order valence-electron chi connectivity index (χ3n) is 8.68. The summed E-state index contributed by atoms with van der Waals surface area (Å²) in [6, 6.07) is 0. The van der Waals surface area contributed by atoms with Crippen LogP contribution < -0.4 is 0 Å². The fourth-order valence-corrected chi connectivity index (χ4v) is 6.53. The van der Waals surface area contributed by atoms with Gasteiger partial charge >= 0.3 is 11.9 Å². The third-order valence-corrected chi connectivity index (χ3v) is 8.68. The molecule has 0 radical (unpaired) electrons. The Morgan fingerprint density at radius 1 is 0.769 bits per heavy atom. The van der Waals surface area contributed by atoms with Gasteiger partial charge in [-0.25, -0.2) is 19.4 Å². The summed E-state index contributed by atoms with van der Waals surface area (Å²) in [4.78, 5) is 60.5. The van der Waals surface area contributed by atoms with E-state index in [1.54, 1.807) is 0 Å². The average Bonchev–Trinajstić information content (AvgIpc) is 3.12. The summed E-state index contributed by atoms with van der Waals surface area (Å²) in [6.45, 7) is 7.62. The van der Waals surface area contributed by atoms with Gasteiger partial charge in [-0.2, -0.15) is 0 Å². The van der Waals surface area contributed by atoms with Crippen molar-refractivity contribution in [2.24, 2.45) is 33.5 Å². The van der Waals surface area contributed by atoms with Gasteiger partial charge in [0.15, 0.2) is 11.6 Å². The van der Waals surface area contributed by atoms with Crippen LogP contribution in [0.1, 0.15) is 66.2 Å². The van der Waals surface area contributed by atoms with E-state index in [-0.39, 0.29) is 23.4 Å². The molecule has 6 heteroatoms. The zero-order valence-electron chi connectivity index (χ0n) is 15.8. The Balaban J connectivity index is 1.53. The largest absolute Gasteiger partial charge is 0.369 e. The highest BCUT2D eigenvalue weighted by Crippen LogP contribution is 2.65. The Morgan fingerprint density at radius 2 is 1.12 bits per heavy atom. The summed E-state index contributed by atoms with van der Waals surface area (Å²) >= 11 is 0. The van der Waals surface area contributed by atoms with Crippen molar-refractivity contribution < 1.29 is 29.0 Å². The van der Waals surface area contributed by atoms with Gasteiger partial charge in [0.25, 0.3) is 0 Å². The summed E-state index contributed by atoms with van der Waals surface area (Å²) in [7, 11) is 0. The van der Waals surface area contributed by atoms with Gasteiger partial charge in [0, 0.05) is 12.8 Å². The molecule has 4 saturated carbocycles. The van der Waals surface area contributed by atoms with Crippen LogP contribution in [0.4, 0.5) is 0 Å². The van der Waals surface area contributed by atoms with Gasteiger partial charge in [0.1, 0.15) is 10.8 Å². The number of Topliss-reactive ketones (excluding diaryl/α,β-unsaturated/α-hetero) is 2. The molecule has 0 N–H and O–H groups in total. The first-order chi connectivity index (χ1) is 12.0. The second kappa shape index (κ2) is 4.96. The highest BCUT2D eigenvalue weighted by atomic mass is 17.2. The standard InChI is InChI=1S/C20H26O6/c1-17(2)11-5-7-19(17,13(21)9-11)15(23)25-26-16(24)20-8-6-12(10-14(20)22)18(20,3)4/h11-12H,5-10H2,1-4H3. The van der Waals surface area contributed by atoms with E-state index in [1.807, 2.05) is 27.7 Å². The molecule has 0 spiro atoms. The molecule has 0 heterocycles. The molecule has 0 saturated heterocycles. The normalized spacial score (nSPS) is 41.5. The van der Waals surface area contributed by atoms with Gasteiger partial charge in [-0.05, 0) is 48.3 Å². The smallest absolute Gasteiger partial charge is 0.298 e. The maximum absolute atomic E-state index is 12.8. The van der Waals surface area contributed by atoms with E-state index in [2.05, 4.69) is 0 Å². The highest BCUT2D eigenvalue weighted by Gasteiger charge is 2.71. The molecule has 4 aliphatic carbocycles. The summed E-state index contributed by atoms with van der Waals surface area (Å²) in [5, 5.41) is 0. The van der Waals surface area contributed by atoms with E-state index in [9.17, 15) is 19.2 Å². The minimum absolute atomic E-state index is 0.129. The van der Waals surface area contributed by atoms with Gasteiger partial charge in [0.05, 0.1) is 0 Å². The van der Waals surface area contributed by atoms with Crippen molar-refractivity contribution in [1.82, 2.24) is 0 Å². The molecule has 0 aromatic rings. The van der Waals surface area contributed by atoms with Crippen LogP contribution in [0.25, 0.3) is 0 Å². The van der Waals surface area contributed by atoms with Crippen molar-refractivity contribution in [3.05, 3.63) is 0 Å². The fraction of sp³-hybridized carbons (Fsp3) is 0.800. The summed E-state index contributed by atoms with van der Waals surface area (Å²) in [6.07, 6.45) is 3.17.